The first-order valence-electron chi connectivity index (χ1n) is 5.70. The number of hydrogen-bond donors (Lipinski definition) is 0. The van der Waals surface area contributed by atoms with Gasteiger partial charge in [0.15, 0.2) is 0 Å². The van der Waals surface area contributed by atoms with Crippen molar-refractivity contribution in [2.75, 3.05) is 0 Å². The van der Waals surface area contributed by atoms with Crippen LogP contribution in [0.15, 0.2) is 48.5 Å². The third kappa shape index (κ3) is 3.67. The van der Waals surface area contributed by atoms with E-state index in [1.54, 1.807) is 18.2 Å². The normalized spacial score (nSPS) is 12.1. The molecule has 1 unspecified atom stereocenters. The van der Waals surface area contributed by atoms with Crippen molar-refractivity contribution in [3.8, 4) is 0 Å². The highest BCUT2D eigenvalue weighted by atomic mass is 127. The van der Waals surface area contributed by atoms with Gasteiger partial charge in [-0.3, -0.25) is 10.1 Å². The number of hydrogen-bond acceptors (Lipinski definition) is 2. The highest BCUT2D eigenvalue weighted by molar-refractivity contribution is 14.1. The summed E-state index contributed by atoms with van der Waals surface area (Å²) in [5, 5.41) is 10.7. The minimum absolute atomic E-state index is 0.124. The zero-order valence-corrected chi connectivity index (χ0v) is 12.8. The smallest absolute Gasteiger partial charge is 0.258 e. The molecule has 0 spiro atoms. The van der Waals surface area contributed by atoms with Crippen LogP contribution in [-0.4, -0.2) is 4.92 Å². The molecule has 0 bridgehead atoms. The van der Waals surface area contributed by atoms with Crippen LogP contribution < -0.4 is 0 Å². The van der Waals surface area contributed by atoms with Gasteiger partial charge in [0.2, 0.25) is 0 Å². The SMILES string of the molecule is O=[N+]([O-])c1ccccc1CC(Cl)c1cccc(I)c1. The monoisotopic (exact) mass is 387 g/mol. The van der Waals surface area contributed by atoms with Crippen LogP contribution in [0.4, 0.5) is 5.69 Å². The Kier molecular flexibility index (Phi) is 4.76. The lowest BCUT2D eigenvalue weighted by molar-refractivity contribution is -0.385. The molecule has 98 valence electrons. The molecule has 0 fully saturated rings. The summed E-state index contributed by atoms with van der Waals surface area (Å²) < 4.78 is 1.10. The molecule has 0 aliphatic rings. The molecule has 1 atom stereocenters. The van der Waals surface area contributed by atoms with E-state index in [2.05, 4.69) is 22.6 Å². The summed E-state index contributed by atoms with van der Waals surface area (Å²) in [5.74, 6) is 0. The van der Waals surface area contributed by atoms with Gasteiger partial charge >= 0.3 is 0 Å². The van der Waals surface area contributed by atoms with Gasteiger partial charge in [0.1, 0.15) is 0 Å². The number of nitro benzene ring substituents is 1. The minimum atomic E-state index is -0.367. The average Bonchev–Trinajstić information content (AvgIpc) is 2.39. The fraction of sp³-hybridized carbons (Fsp3) is 0.143. The number of nitrogens with zero attached hydrogens (tertiary/aromatic N) is 1. The maximum Gasteiger partial charge on any atom is 0.272 e. The van der Waals surface area contributed by atoms with Crippen LogP contribution in [0.2, 0.25) is 0 Å². The maximum absolute atomic E-state index is 11.0. The van der Waals surface area contributed by atoms with Crippen LogP contribution in [0, 0.1) is 13.7 Å². The third-order valence-electron chi connectivity index (χ3n) is 2.80. The van der Waals surface area contributed by atoms with Crippen LogP contribution in [0.25, 0.3) is 0 Å². The molecule has 0 amide bonds. The van der Waals surface area contributed by atoms with Crippen LogP contribution in [0.5, 0.6) is 0 Å². The van der Waals surface area contributed by atoms with Crippen molar-refractivity contribution in [3.05, 3.63) is 73.3 Å². The van der Waals surface area contributed by atoms with Gasteiger partial charge in [-0.1, -0.05) is 30.3 Å². The Labute approximate surface area is 129 Å². The van der Waals surface area contributed by atoms with Crippen LogP contribution >= 0.6 is 34.2 Å². The summed E-state index contributed by atoms with van der Waals surface area (Å²) in [4.78, 5) is 10.6. The molecule has 5 heteroatoms. The van der Waals surface area contributed by atoms with Crippen molar-refractivity contribution >= 4 is 39.9 Å². The highest BCUT2D eigenvalue weighted by Gasteiger charge is 2.17. The average molecular weight is 388 g/mol. The lowest BCUT2D eigenvalue weighted by Crippen LogP contribution is -2.00. The molecule has 0 aliphatic heterocycles. The van der Waals surface area contributed by atoms with E-state index in [1.807, 2.05) is 24.3 Å². The molecule has 2 aromatic rings. The predicted molar refractivity (Wildman–Crippen MR) is 84.6 cm³/mol. The summed E-state index contributed by atoms with van der Waals surface area (Å²) in [7, 11) is 0. The maximum atomic E-state index is 11.0. The Morgan fingerprint density at radius 2 is 1.95 bits per heavy atom. The molecule has 0 saturated heterocycles. The first-order valence-corrected chi connectivity index (χ1v) is 7.21. The quantitative estimate of drug-likeness (QED) is 0.330. The second-order valence-electron chi connectivity index (χ2n) is 4.11. The Hall–Kier alpha value is -1.14. The van der Waals surface area contributed by atoms with Gasteiger partial charge in [-0.25, -0.2) is 0 Å². The van der Waals surface area contributed by atoms with Gasteiger partial charge in [0.25, 0.3) is 5.69 Å². The van der Waals surface area contributed by atoms with Gasteiger partial charge < -0.3 is 0 Å². The van der Waals surface area contributed by atoms with Crippen LogP contribution in [-0.2, 0) is 6.42 Å². The first kappa shape index (κ1) is 14.3. The number of benzene rings is 2. The van der Waals surface area contributed by atoms with Crippen molar-refractivity contribution in [1.29, 1.82) is 0 Å². The summed E-state index contributed by atoms with van der Waals surface area (Å²) in [6.07, 6.45) is 0.443. The van der Waals surface area contributed by atoms with Gasteiger partial charge in [-0.15, -0.1) is 11.6 Å². The molecular weight excluding hydrogens is 377 g/mol. The van der Waals surface area contributed by atoms with E-state index in [4.69, 9.17) is 11.6 Å². The number of rotatable bonds is 4. The van der Waals surface area contributed by atoms with E-state index in [-0.39, 0.29) is 16.0 Å². The summed E-state index contributed by atoms with van der Waals surface area (Å²) >= 11 is 8.58. The van der Waals surface area contributed by atoms with E-state index >= 15 is 0 Å². The molecule has 2 aromatic carbocycles. The molecule has 3 nitrogen and oxygen atoms in total. The van der Waals surface area contributed by atoms with E-state index in [0.717, 1.165) is 9.13 Å². The largest absolute Gasteiger partial charge is 0.272 e. The van der Waals surface area contributed by atoms with Gasteiger partial charge in [0, 0.05) is 15.2 Å². The zero-order valence-electron chi connectivity index (χ0n) is 9.92. The summed E-state index contributed by atoms with van der Waals surface area (Å²) in [6, 6.07) is 14.6. The molecule has 0 aromatic heterocycles. The standard InChI is InChI=1S/C14H11ClINO2/c15-13(10-5-3-6-12(16)8-10)9-11-4-1-2-7-14(11)17(18)19/h1-8,13H,9H2. The fourth-order valence-corrected chi connectivity index (χ4v) is 2.74. The predicted octanol–water partition coefficient (Wildman–Crippen LogP) is 4.72. The topological polar surface area (TPSA) is 43.1 Å². The molecule has 19 heavy (non-hydrogen) atoms. The second-order valence-corrected chi connectivity index (χ2v) is 5.88. The van der Waals surface area contributed by atoms with Crippen molar-refractivity contribution in [1.82, 2.24) is 0 Å². The van der Waals surface area contributed by atoms with Crippen molar-refractivity contribution < 1.29 is 4.92 Å². The van der Waals surface area contributed by atoms with Crippen molar-refractivity contribution in [2.45, 2.75) is 11.8 Å². The van der Waals surface area contributed by atoms with Crippen LogP contribution in [0.3, 0.4) is 0 Å². The Morgan fingerprint density at radius 1 is 1.21 bits per heavy atom. The second kappa shape index (κ2) is 6.34. The molecule has 0 heterocycles. The highest BCUT2D eigenvalue weighted by Crippen LogP contribution is 2.29. The lowest BCUT2D eigenvalue weighted by Gasteiger charge is -2.10. The van der Waals surface area contributed by atoms with E-state index in [1.165, 1.54) is 6.07 Å². The molecule has 0 N–H and O–H groups in total. The summed E-state index contributed by atoms with van der Waals surface area (Å²) in [6.45, 7) is 0. The Morgan fingerprint density at radius 3 is 2.63 bits per heavy atom. The van der Waals surface area contributed by atoms with E-state index in [9.17, 15) is 10.1 Å². The summed E-state index contributed by atoms with van der Waals surface area (Å²) in [5.41, 5.74) is 1.76. The van der Waals surface area contributed by atoms with Gasteiger partial charge in [-0.2, -0.15) is 0 Å². The van der Waals surface area contributed by atoms with Gasteiger partial charge in [0.05, 0.1) is 10.3 Å². The molecular formula is C14H11ClINO2. The zero-order chi connectivity index (χ0) is 13.8. The van der Waals surface area contributed by atoms with Gasteiger partial charge in [-0.05, 0) is 46.7 Å². The number of alkyl halides is 1. The first-order chi connectivity index (χ1) is 9.08. The van der Waals surface area contributed by atoms with E-state index < -0.39 is 0 Å². The molecule has 0 radical (unpaired) electrons. The van der Waals surface area contributed by atoms with Crippen LogP contribution in [0.1, 0.15) is 16.5 Å². The minimum Gasteiger partial charge on any atom is -0.258 e. The fourth-order valence-electron chi connectivity index (χ4n) is 1.87. The third-order valence-corrected chi connectivity index (χ3v) is 3.88. The molecule has 0 saturated carbocycles. The van der Waals surface area contributed by atoms with E-state index in [0.29, 0.717) is 12.0 Å². The molecule has 2 rings (SSSR count). The van der Waals surface area contributed by atoms with Crippen molar-refractivity contribution in [2.24, 2.45) is 0 Å². The Bertz CT molecular complexity index is 604. The number of halogens is 2. The van der Waals surface area contributed by atoms with Crippen molar-refractivity contribution in [3.63, 3.8) is 0 Å². The lowest BCUT2D eigenvalue weighted by atomic mass is 10.0. The number of para-hydroxylation sites is 1. The number of nitro groups is 1. The molecule has 0 aliphatic carbocycles. The Balaban J connectivity index is 2.24.